The molecule has 0 unspecified atom stereocenters. The van der Waals surface area contributed by atoms with Crippen molar-refractivity contribution in [1.82, 2.24) is 0 Å². The molecule has 0 aliphatic heterocycles. The second-order valence-electron chi connectivity index (χ2n) is 8.22. The van der Waals surface area contributed by atoms with Crippen LogP contribution in [0, 0.1) is 50.7 Å². The van der Waals surface area contributed by atoms with Gasteiger partial charge in [-0.25, -0.2) is 0 Å². The molecule has 0 heterocycles. The van der Waals surface area contributed by atoms with Crippen LogP contribution in [0.3, 0.4) is 0 Å². The lowest BCUT2D eigenvalue weighted by atomic mass is 9.63. The number of hydrogen-bond donors (Lipinski definition) is 0. The summed E-state index contributed by atoms with van der Waals surface area (Å²) in [5, 5.41) is 19.2. The Morgan fingerprint density at radius 3 is 1.55 bits per heavy atom. The first-order chi connectivity index (χ1) is 14.7. The van der Waals surface area contributed by atoms with Crippen molar-refractivity contribution in [1.29, 1.82) is 10.5 Å². The molecular formula is C21H22N2O8. The highest BCUT2D eigenvalue weighted by molar-refractivity contribution is 6.03. The van der Waals surface area contributed by atoms with E-state index in [1.165, 1.54) is 14.2 Å². The Morgan fingerprint density at radius 2 is 1.16 bits per heavy atom. The minimum Gasteiger partial charge on any atom is -0.468 e. The highest BCUT2D eigenvalue weighted by Crippen LogP contribution is 2.82. The molecule has 3 atom stereocenters. The first-order valence-corrected chi connectivity index (χ1v) is 9.56. The Kier molecular flexibility index (Phi) is 5.31. The fourth-order valence-electron chi connectivity index (χ4n) is 5.98. The molecule has 0 saturated heterocycles. The van der Waals surface area contributed by atoms with Gasteiger partial charge in [-0.2, -0.15) is 10.5 Å². The molecular weight excluding hydrogens is 408 g/mol. The number of esters is 4. The molecule has 3 fully saturated rings. The lowest BCUT2D eigenvalue weighted by Gasteiger charge is -2.39. The van der Waals surface area contributed by atoms with Crippen molar-refractivity contribution in [2.45, 2.75) is 25.7 Å². The normalized spacial score (nSPS) is 28.5. The van der Waals surface area contributed by atoms with E-state index in [9.17, 15) is 29.7 Å². The molecule has 164 valence electrons. The number of carbonyl (C=O) groups excluding carboxylic acids is 4. The lowest BCUT2D eigenvalue weighted by Crippen LogP contribution is -2.47. The Balaban J connectivity index is 2.17. The number of carbonyl (C=O) groups is 4. The molecule has 3 aliphatic carbocycles. The number of nitriles is 2. The van der Waals surface area contributed by atoms with Crippen LogP contribution in [0.4, 0.5) is 0 Å². The van der Waals surface area contributed by atoms with Gasteiger partial charge in [-0.15, -0.1) is 0 Å². The van der Waals surface area contributed by atoms with Crippen LogP contribution in [-0.4, -0.2) is 52.3 Å². The third-order valence-electron chi connectivity index (χ3n) is 7.30. The number of hydrogen-bond acceptors (Lipinski definition) is 10. The van der Waals surface area contributed by atoms with Crippen LogP contribution in [0.1, 0.15) is 25.7 Å². The maximum absolute atomic E-state index is 12.7. The van der Waals surface area contributed by atoms with Crippen LogP contribution in [0.5, 0.6) is 0 Å². The molecule has 0 bridgehead atoms. The summed E-state index contributed by atoms with van der Waals surface area (Å²) >= 11 is 0. The molecule has 10 heteroatoms. The van der Waals surface area contributed by atoms with Crippen LogP contribution in [0.2, 0.25) is 0 Å². The van der Waals surface area contributed by atoms with E-state index in [4.69, 9.17) is 18.9 Å². The van der Waals surface area contributed by atoms with Crippen molar-refractivity contribution in [2.75, 3.05) is 28.4 Å². The summed E-state index contributed by atoms with van der Waals surface area (Å²) in [5.41, 5.74) is -4.15. The van der Waals surface area contributed by atoms with Crippen LogP contribution in [0.25, 0.3) is 0 Å². The summed E-state index contributed by atoms with van der Waals surface area (Å²) in [6.07, 6.45) is -0.185. The van der Waals surface area contributed by atoms with Crippen molar-refractivity contribution in [2.24, 2.45) is 28.1 Å². The van der Waals surface area contributed by atoms with E-state index in [0.717, 1.165) is 14.2 Å². The zero-order valence-corrected chi connectivity index (χ0v) is 17.6. The zero-order valence-electron chi connectivity index (χ0n) is 17.6. The minimum absolute atomic E-state index is 0.0324. The van der Waals surface area contributed by atoms with E-state index in [-0.39, 0.29) is 48.7 Å². The Hall–Kier alpha value is -3.40. The molecule has 3 aliphatic rings. The fourth-order valence-corrected chi connectivity index (χ4v) is 5.98. The van der Waals surface area contributed by atoms with Gasteiger partial charge in [-0.3, -0.25) is 19.2 Å². The standard InChI is InChI=1S/C21H22N2O8/c1-28-15(24)19(16(25)29-2)5-12(11(8-22)9-23)21-10-20(17(26)30-3,18(27)31-4)7-14(21)13(21)6-19/h13-14H,5-7,10H2,1-4H3/t13-,14+,21-/m1/s1. The molecule has 31 heavy (non-hydrogen) atoms. The number of allylic oxidation sites excluding steroid dienone is 2. The van der Waals surface area contributed by atoms with Gasteiger partial charge >= 0.3 is 23.9 Å². The minimum atomic E-state index is -1.71. The smallest absolute Gasteiger partial charge is 0.323 e. The number of methoxy groups -OCH3 is 4. The van der Waals surface area contributed by atoms with Crippen LogP contribution in [-0.2, 0) is 38.1 Å². The second-order valence-corrected chi connectivity index (χ2v) is 8.22. The summed E-state index contributed by atoms with van der Waals surface area (Å²) in [6.45, 7) is 0. The molecule has 3 rings (SSSR count). The average Bonchev–Trinajstić information content (AvgIpc) is 3.24. The zero-order chi connectivity index (χ0) is 23.2. The monoisotopic (exact) mass is 430 g/mol. The predicted molar refractivity (Wildman–Crippen MR) is 99.1 cm³/mol. The van der Waals surface area contributed by atoms with Gasteiger partial charge in [0.05, 0.1) is 28.4 Å². The Labute approximate surface area is 178 Å². The highest BCUT2D eigenvalue weighted by atomic mass is 16.6. The van der Waals surface area contributed by atoms with E-state index in [0.29, 0.717) is 0 Å². The predicted octanol–water partition coefficient (Wildman–Crippen LogP) is 0.815. The summed E-state index contributed by atoms with van der Waals surface area (Å²) in [7, 11) is 4.62. The molecule has 0 aromatic heterocycles. The van der Waals surface area contributed by atoms with Gasteiger partial charge in [0, 0.05) is 5.41 Å². The van der Waals surface area contributed by atoms with Crippen molar-refractivity contribution >= 4 is 23.9 Å². The third kappa shape index (κ3) is 2.67. The van der Waals surface area contributed by atoms with E-state index >= 15 is 0 Å². The maximum Gasteiger partial charge on any atom is 0.323 e. The van der Waals surface area contributed by atoms with Gasteiger partial charge in [0.15, 0.2) is 10.8 Å². The van der Waals surface area contributed by atoms with Gasteiger partial charge in [0.1, 0.15) is 17.7 Å². The molecule has 1 spiro atoms. The fraction of sp³-hybridized carbons (Fsp3) is 0.619. The molecule has 0 N–H and O–H groups in total. The number of fused-ring (bicyclic) bond motifs is 1. The number of ether oxygens (including phenoxy) is 4. The van der Waals surface area contributed by atoms with Gasteiger partial charge in [0.25, 0.3) is 0 Å². The summed E-state index contributed by atoms with van der Waals surface area (Å²) in [4.78, 5) is 50.6. The molecule has 3 saturated carbocycles. The van der Waals surface area contributed by atoms with Crippen molar-refractivity contribution in [3.05, 3.63) is 11.1 Å². The van der Waals surface area contributed by atoms with E-state index < -0.39 is 40.1 Å². The highest BCUT2D eigenvalue weighted by Gasteiger charge is 2.81. The van der Waals surface area contributed by atoms with Gasteiger partial charge in [0.2, 0.25) is 0 Å². The first kappa shape index (κ1) is 22.3. The van der Waals surface area contributed by atoms with Gasteiger partial charge in [-0.1, -0.05) is 0 Å². The largest absolute Gasteiger partial charge is 0.468 e. The summed E-state index contributed by atoms with van der Waals surface area (Å²) in [5.74, 6) is -3.81. The average molecular weight is 430 g/mol. The summed E-state index contributed by atoms with van der Waals surface area (Å²) in [6, 6.07) is 3.67. The maximum atomic E-state index is 12.7. The topological polar surface area (TPSA) is 153 Å². The molecule has 0 aromatic carbocycles. The van der Waals surface area contributed by atoms with E-state index in [1.54, 1.807) is 0 Å². The summed E-state index contributed by atoms with van der Waals surface area (Å²) < 4.78 is 19.5. The second kappa shape index (κ2) is 7.38. The van der Waals surface area contributed by atoms with Crippen molar-refractivity contribution in [3.63, 3.8) is 0 Å². The Morgan fingerprint density at radius 1 is 0.774 bits per heavy atom. The quantitative estimate of drug-likeness (QED) is 0.271. The van der Waals surface area contributed by atoms with Crippen molar-refractivity contribution in [3.8, 4) is 12.1 Å². The molecule has 0 amide bonds. The van der Waals surface area contributed by atoms with Crippen LogP contribution in [0.15, 0.2) is 11.1 Å². The van der Waals surface area contributed by atoms with Gasteiger partial charge < -0.3 is 18.9 Å². The SMILES string of the molecule is COC(=O)C1(C(=O)OC)CC(=C(C#N)C#N)[C@@]23CC(C(=O)OC)(C(=O)OC)C[C@H]2[C@H]3C1. The number of nitrogens with zero attached hydrogens (tertiary/aromatic N) is 2. The molecule has 0 radical (unpaired) electrons. The number of rotatable bonds is 4. The lowest BCUT2D eigenvalue weighted by molar-refractivity contribution is -0.175. The Bertz CT molecular complexity index is 930. The van der Waals surface area contributed by atoms with Gasteiger partial charge in [-0.05, 0) is 43.1 Å². The van der Waals surface area contributed by atoms with Crippen LogP contribution >= 0.6 is 0 Å². The van der Waals surface area contributed by atoms with E-state index in [2.05, 4.69) is 0 Å². The van der Waals surface area contributed by atoms with Crippen LogP contribution < -0.4 is 0 Å². The van der Waals surface area contributed by atoms with E-state index in [1.807, 2.05) is 12.1 Å². The first-order valence-electron chi connectivity index (χ1n) is 9.56. The van der Waals surface area contributed by atoms with Crippen molar-refractivity contribution < 1.29 is 38.1 Å². The molecule has 10 nitrogen and oxygen atoms in total. The third-order valence-corrected chi connectivity index (χ3v) is 7.30. The molecule has 0 aromatic rings.